The third kappa shape index (κ3) is 4.18. The van der Waals surface area contributed by atoms with Gasteiger partial charge in [0.25, 0.3) is 0 Å². The highest BCUT2D eigenvalue weighted by Crippen LogP contribution is 2.11. The quantitative estimate of drug-likeness (QED) is 0.599. The van der Waals surface area contributed by atoms with Crippen LogP contribution in [0.1, 0.15) is 29.7 Å². The summed E-state index contributed by atoms with van der Waals surface area (Å²) in [4.78, 5) is 0. The van der Waals surface area contributed by atoms with E-state index in [0.717, 1.165) is 25.7 Å². The molecule has 1 unspecified atom stereocenters. The monoisotopic (exact) mass is 272 g/mol. The van der Waals surface area contributed by atoms with Gasteiger partial charge in [0.15, 0.2) is 0 Å². The highest BCUT2D eigenvalue weighted by atomic mass is 15.3. The highest BCUT2D eigenvalue weighted by molar-refractivity contribution is 5.22. The second kappa shape index (κ2) is 7.22. The summed E-state index contributed by atoms with van der Waals surface area (Å²) in [6, 6.07) is 11.1. The van der Waals surface area contributed by atoms with Gasteiger partial charge in [0.05, 0.1) is 0 Å². The van der Waals surface area contributed by atoms with E-state index in [-0.39, 0.29) is 0 Å². The summed E-state index contributed by atoms with van der Waals surface area (Å²) >= 11 is 0. The predicted molar refractivity (Wildman–Crippen MR) is 82.1 cm³/mol. The van der Waals surface area contributed by atoms with Crippen molar-refractivity contribution in [3.8, 4) is 0 Å². The van der Waals surface area contributed by atoms with E-state index in [2.05, 4.69) is 47.8 Å². The van der Waals surface area contributed by atoms with Gasteiger partial charge in [-0.3, -0.25) is 16.0 Å². The minimum absolute atomic E-state index is 0.338. The Morgan fingerprint density at radius 3 is 2.70 bits per heavy atom. The van der Waals surface area contributed by atoms with Gasteiger partial charge in [-0.2, -0.15) is 5.10 Å². The first-order chi connectivity index (χ1) is 9.69. The summed E-state index contributed by atoms with van der Waals surface area (Å²) in [7, 11) is 1.98. The van der Waals surface area contributed by atoms with Crippen molar-refractivity contribution in [2.24, 2.45) is 12.9 Å². The van der Waals surface area contributed by atoms with Crippen LogP contribution in [0.2, 0.25) is 0 Å². The van der Waals surface area contributed by atoms with Gasteiger partial charge < -0.3 is 0 Å². The van der Waals surface area contributed by atoms with Crippen LogP contribution in [0.15, 0.2) is 36.5 Å². The fourth-order valence-electron chi connectivity index (χ4n) is 2.49. The number of nitrogens with two attached hydrogens (primary N) is 1. The largest absolute Gasteiger partial charge is 0.273 e. The third-order valence-corrected chi connectivity index (χ3v) is 3.77. The molecule has 0 aliphatic carbocycles. The van der Waals surface area contributed by atoms with Crippen LogP contribution in [0, 0.1) is 6.92 Å². The number of hydrogen-bond acceptors (Lipinski definition) is 3. The first-order valence-electron chi connectivity index (χ1n) is 7.17. The Kier molecular flexibility index (Phi) is 5.32. The van der Waals surface area contributed by atoms with Crippen molar-refractivity contribution in [1.29, 1.82) is 0 Å². The smallest absolute Gasteiger partial charge is 0.0492 e. The van der Waals surface area contributed by atoms with Crippen molar-refractivity contribution in [2.45, 2.75) is 38.6 Å². The summed E-state index contributed by atoms with van der Waals surface area (Å²) in [5.41, 5.74) is 6.88. The Labute approximate surface area is 121 Å². The number of nitrogens with one attached hydrogen (secondary N) is 1. The lowest BCUT2D eigenvalue weighted by molar-refractivity contribution is 0.458. The molecule has 1 aromatic heterocycles. The van der Waals surface area contributed by atoms with Crippen LogP contribution in [0.3, 0.4) is 0 Å². The second-order valence-corrected chi connectivity index (χ2v) is 5.38. The minimum atomic E-state index is 0.338. The van der Waals surface area contributed by atoms with E-state index >= 15 is 0 Å². The molecule has 4 heteroatoms. The van der Waals surface area contributed by atoms with E-state index in [1.54, 1.807) is 0 Å². The number of rotatable bonds is 7. The van der Waals surface area contributed by atoms with Gasteiger partial charge in [-0.1, -0.05) is 29.8 Å². The van der Waals surface area contributed by atoms with E-state index < -0.39 is 0 Å². The number of hydrazine groups is 1. The van der Waals surface area contributed by atoms with Crippen LogP contribution < -0.4 is 11.3 Å². The van der Waals surface area contributed by atoms with Crippen LogP contribution in [0.4, 0.5) is 0 Å². The topological polar surface area (TPSA) is 55.9 Å². The lowest BCUT2D eigenvalue weighted by Crippen LogP contribution is -2.36. The molecule has 1 heterocycles. The van der Waals surface area contributed by atoms with Crippen molar-refractivity contribution < 1.29 is 0 Å². The molecule has 2 aromatic rings. The van der Waals surface area contributed by atoms with Crippen molar-refractivity contribution in [2.75, 3.05) is 0 Å². The molecule has 20 heavy (non-hydrogen) atoms. The molecule has 1 atom stereocenters. The van der Waals surface area contributed by atoms with E-state index in [1.807, 2.05) is 17.9 Å². The fraction of sp³-hybridized carbons (Fsp3) is 0.438. The Morgan fingerprint density at radius 2 is 2.05 bits per heavy atom. The lowest BCUT2D eigenvalue weighted by Gasteiger charge is -2.16. The van der Waals surface area contributed by atoms with Crippen LogP contribution in [-0.2, 0) is 19.9 Å². The standard InChI is InChI=1S/C16H24N4/c1-13-4-3-5-14(12-13)6-7-15(19-17)8-9-16-10-11-18-20(16)2/h3-5,10-12,15,19H,6-9,17H2,1-2H3. The summed E-state index contributed by atoms with van der Waals surface area (Å²) in [6.45, 7) is 2.13. The molecule has 1 aromatic carbocycles. The fourth-order valence-corrected chi connectivity index (χ4v) is 2.49. The molecule has 0 fully saturated rings. The van der Waals surface area contributed by atoms with Crippen LogP contribution in [0.5, 0.6) is 0 Å². The van der Waals surface area contributed by atoms with Crippen LogP contribution in [0.25, 0.3) is 0 Å². The van der Waals surface area contributed by atoms with Gasteiger partial charge in [0.2, 0.25) is 0 Å². The van der Waals surface area contributed by atoms with Gasteiger partial charge in [-0.05, 0) is 44.2 Å². The first kappa shape index (κ1) is 14.8. The molecule has 0 saturated heterocycles. The summed E-state index contributed by atoms with van der Waals surface area (Å²) in [5, 5.41) is 4.19. The molecule has 0 aliphatic rings. The van der Waals surface area contributed by atoms with Crippen LogP contribution >= 0.6 is 0 Å². The number of aromatic nitrogens is 2. The Bertz CT molecular complexity index is 533. The summed E-state index contributed by atoms with van der Waals surface area (Å²) < 4.78 is 1.92. The summed E-state index contributed by atoms with van der Waals surface area (Å²) in [6.07, 6.45) is 5.98. The van der Waals surface area contributed by atoms with E-state index in [1.165, 1.54) is 16.8 Å². The Hall–Kier alpha value is -1.65. The molecule has 0 bridgehead atoms. The molecule has 0 radical (unpaired) electrons. The van der Waals surface area contributed by atoms with Crippen molar-refractivity contribution in [3.05, 3.63) is 53.3 Å². The zero-order chi connectivity index (χ0) is 14.4. The Morgan fingerprint density at radius 1 is 1.25 bits per heavy atom. The molecule has 0 amide bonds. The molecule has 0 spiro atoms. The molecule has 4 nitrogen and oxygen atoms in total. The second-order valence-electron chi connectivity index (χ2n) is 5.38. The zero-order valence-corrected chi connectivity index (χ0v) is 12.3. The highest BCUT2D eigenvalue weighted by Gasteiger charge is 2.09. The maximum Gasteiger partial charge on any atom is 0.0492 e. The van der Waals surface area contributed by atoms with E-state index in [0.29, 0.717) is 6.04 Å². The van der Waals surface area contributed by atoms with E-state index in [9.17, 15) is 0 Å². The number of aryl methyl sites for hydroxylation is 4. The normalized spacial score (nSPS) is 12.6. The molecule has 0 saturated carbocycles. The number of benzene rings is 1. The molecule has 0 aliphatic heterocycles. The van der Waals surface area contributed by atoms with Crippen molar-refractivity contribution >= 4 is 0 Å². The van der Waals surface area contributed by atoms with Crippen LogP contribution in [-0.4, -0.2) is 15.8 Å². The summed E-state index contributed by atoms with van der Waals surface area (Å²) in [5.74, 6) is 5.67. The van der Waals surface area contributed by atoms with E-state index in [4.69, 9.17) is 5.84 Å². The number of nitrogens with zero attached hydrogens (tertiary/aromatic N) is 2. The molecule has 3 N–H and O–H groups in total. The minimum Gasteiger partial charge on any atom is -0.273 e. The molecular weight excluding hydrogens is 248 g/mol. The van der Waals surface area contributed by atoms with Gasteiger partial charge in [0, 0.05) is 25.0 Å². The van der Waals surface area contributed by atoms with Gasteiger partial charge in [-0.25, -0.2) is 0 Å². The third-order valence-electron chi connectivity index (χ3n) is 3.77. The van der Waals surface area contributed by atoms with Gasteiger partial charge in [0.1, 0.15) is 0 Å². The predicted octanol–water partition coefficient (Wildman–Crippen LogP) is 2.13. The lowest BCUT2D eigenvalue weighted by atomic mass is 10.0. The van der Waals surface area contributed by atoms with Gasteiger partial charge >= 0.3 is 0 Å². The van der Waals surface area contributed by atoms with Crippen molar-refractivity contribution in [3.63, 3.8) is 0 Å². The zero-order valence-electron chi connectivity index (χ0n) is 12.3. The number of hydrogen-bond donors (Lipinski definition) is 2. The molecule has 2 rings (SSSR count). The molecular formula is C16H24N4. The maximum atomic E-state index is 5.67. The molecule has 108 valence electrons. The average Bonchev–Trinajstić information content (AvgIpc) is 2.85. The van der Waals surface area contributed by atoms with Gasteiger partial charge in [-0.15, -0.1) is 0 Å². The van der Waals surface area contributed by atoms with Crippen molar-refractivity contribution in [1.82, 2.24) is 15.2 Å². The average molecular weight is 272 g/mol. The maximum absolute atomic E-state index is 5.67. The first-order valence-corrected chi connectivity index (χ1v) is 7.17. The SMILES string of the molecule is Cc1cccc(CCC(CCc2ccnn2C)NN)c1. The Balaban J connectivity index is 1.82.